The summed E-state index contributed by atoms with van der Waals surface area (Å²) in [7, 11) is 0. The van der Waals surface area contributed by atoms with Crippen LogP contribution in [-0.2, 0) is 4.79 Å². The molecule has 0 saturated heterocycles. The van der Waals surface area contributed by atoms with Gasteiger partial charge in [-0.1, -0.05) is 18.2 Å². The highest BCUT2D eigenvalue weighted by atomic mass is 19.1. The summed E-state index contributed by atoms with van der Waals surface area (Å²) >= 11 is 0. The van der Waals surface area contributed by atoms with E-state index in [0.717, 1.165) is 16.5 Å². The van der Waals surface area contributed by atoms with Crippen LogP contribution >= 0.6 is 0 Å². The fourth-order valence-corrected chi connectivity index (χ4v) is 2.06. The Balaban J connectivity index is 1.61. The van der Waals surface area contributed by atoms with Crippen molar-refractivity contribution in [1.82, 2.24) is 10.4 Å². The van der Waals surface area contributed by atoms with Crippen molar-refractivity contribution in [3.05, 3.63) is 78.3 Å². The van der Waals surface area contributed by atoms with E-state index in [2.05, 4.69) is 15.8 Å². The third-order valence-electron chi connectivity index (χ3n) is 3.21. The van der Waals surface area contributed by atoms with E-state index in [0.29, 0.717) is 5.69 Å². The summed E-state index contributed by atoms with van der Waals surface area (Å²) in [4.78, 5) is 16.1. The Morgan fingerprint density at radius 3 is 2.70 bits per heavy atom. The largest absolute Gasteiger partial charge is 0.298 e. The molecule has 0 fully saturated rings. The molecule has 0 bridgehead atoms. The Hall–Kier alpha value is -3.21. The number of hydrogen-bond donors (Lipinski definition) is 2. The number of fused-ring (bicyclic) bond motifs is 1. The van der Waals surface area contributed by atoms with Gasteiger partial charge in [-0.25, -0.2) is 4.39 Å². The van der Waals surface area contributed by atoms with Gasteiger partial charge in [-0.3, -0.25) is 20.6 Å². The summed E-state index contributed by atoms with van der Waals surface area (Å²) in [6, 6.07) is 15.4. The van der Waals surface area contributed by atoms with Crippen LogP contribution in [0.2, 0.25) is 0 Å². The molecule has 0 saturated carbocycles. The van der Waals surface area contributed by atoms with Gasteiger partial charge in [0.15, 0.2) is 0 Å². The molecule has 0 aliphatic rings. The summed E-state index contributed by atoms with van der Waals surface area (Å²) < 4.78 is 12.8. The molecule has 3 aromatic rings. The number of anilines is 1. The van der Waals surface area contributed by atoms with Gasteiger partial charge in [0.25, 0.3) is 5.91 Å². The average Bonchev–Trinajstić information content (AvgIpc) is 2.59. The lowest BCUT2D eigenvalue weighted by atomic mass is 10.1. The van der Waals surface area contributed by atoms with Crippen LogP contribution in [0.4, 0.5) is 10.1 Å². The van der Waals surface area contributed by atoms with Crippen LogP contribution in [0.25, 0.3) is 17.0 Å². The summed E-state index contributed by atoms with van der Waals surface area (Å²) in [5.74, 6) is -0.645. The van der Waals surface area contributed by atoms with Crippen LogP contribution in [0.3, 0.4) is 0 Å². The number of nitrogens with zero attached hydrogens (tertiary/aromatic N) is 1. The molecular formula is C18H14FN3O. The summed E-state index contributed by atoms with van der Waals surface area (Å²) in [6.45, 7) is 0. The average molecular weight is 307 g/mol. The first-order valence-electron chi connectivity index (χ1n) is 7.05. The van der Waals surface area contributed by atoms with Gasteiger partial charge in [0.2, 0.25) is 0 Å². The van der Waals surface area contributed by atoms with Gasteiger partial charge >= 0.3 is 0 Å². The van der Waals surface area contributed by atoms with Crippen molar-refractivity contribution in [2.45, 2.75) is 0 Å². The smallest absolute Gasteiger partial charge is 0.262 e. The number of carbonyl (C=O) groups is 1. The van der Waals surface area contributed by atoms with Gasteiger partial charge in [-0.15, -0.1) is 0 Å². The zero-order valence-corrected chi connectivity index (χ0v) is 12.2. The zero-order valence-electron chi connectivity index (χ0n) is 12.2. The zero-order chi connectivity index (χ0) is 16.1. The third-order valence-corrected chi connectivity index (χ3v) is 3.21. The SMILES string of the molecule is O=C(/C=C/c1cnc2ccccc2c1)NNc1ccc(F)cc1. The molecule has 0 atom stereocenters. The number of halogens is 1. The standard InChI is InChI=1S/C18H14FN3O/c19-15-6-8-16(9-7-15)21-22-18(23)10-5-13-11-14-3-1-2-4-17(14)20-12-13/h1-12,21H,(H,22,23)/b10-5+. The van der Waals surface area contributed by atoms with Crippen molar-refractivity contribution in [2.75, 3.05) is 5.43 Å². The Bertz CT molecular complexity index is 860. The monoisotopic (exact) mass is 307 g/mol. The van der Waals surface area contributed by atoms with Crippen LogP contribution < -0.4 is 10.9 Å². The highest BCUT2D eigenvalue weighted by Crippen LogP contribution is 2.13. The van der Waals surface area contributed by atoms with Gasteiger partial charge < -0.3 is 0 Å². The summed E-state index contributed by atoms with van der Waals surface area (Å²) in [5.41, 5.74) is 7.55. The molecule has 0 spiro atoms. The predicted octanol–water partition coefficient (Wildman–Crippen LogP) is 3.53. The molecule has 0 unspecified atom stereocenters. The first-order chi connectivity index (χ1) is 11.2. The first-order valence-corrected chi connectivity index (χ1v) is 7.05. The number of carbonyl (C=O) groups excluding carboxylic acids is 1. The van der Waals surface area contributed by atoms with Crippen LogP contribution in [0, 0.1) is 5.82 Å². The van der Waals surface area contributed by atoms with E-state index in [1.807, 2.05) is 30.3 Å². The minimum absolute atomic E-state index is 0.317. The molecule has 5 heteroatoms. The maximum atomic E-state index is 12.8. The van der Waals surface area contributed by atoms with E-state index < -0.39 is 0 Å². The van der Waals surface area contributed by atoms with E-state index in [9.17, 15) is 9.18 Å². The number of aromatic nitrogens is 1. The van der Waals surface area contributed by atoms with Gasteiger partial charge in [0, 0.05) is 17.7 Å². The minimum atomic E-state index is -0.328. The minimum Gasteiger partial charge on any atom is -0.298 e. The Kier molecular flexibility index (Phi) is 4.29. The lowest BCUT2D eigenvalue weighted by molar-refractivity contribution is -0.115. The Labute approximate surface area is 132 Å². The van der Waals surface area contributed by atoms with Crippen molar-refractivity contribution < 1.29 is 9.18 Å². The van der Waals surface area contributed by atoms with Crippen LogP contribution in [-0.4, -0.2) is 10.9 Å². The molecule has 0 aliphatic carbocycles. The van der Waals surface area contributed by atoms with Crippen molar-refractivity contribution in [3.8, 4) is 0 Å². The van der Waals surface area contributed by atoms with Gasteiger partial charge in [0.05, 0.1) is 11.2 Å². The second-order valence-corrected chi connectivity index (χ2v) is 4.92. The number of benzene rings is 2. The summed E-state index contributed by atoms with van der Waals surface area (Å²) in [5, 5.41) is 1.01. The molecule has 114 valence electrons. The first kappa shape index (κ1) is 14.7. The van der Waals surface area contributed by atoms with Gasteiger partial charge in [-0.2, -0.15) is 0 Å². The van der Waals surface area contributed by atoms with Crippen molar-refractivity contribution in [2.24, 2.45) is 0 Å². The maximum Gasteiger partial charge on any atom is 0.262 e. The van der Waals surface area contributed by atoms with Crippen LogP contribution in [0.5, 0.6) is 0 Å². The molecule has 0 aliphatic heterocycles. The predicted molar refractivity (Wildman–Crippen MR) is 88.9 cm³/mol. The van der Waals surface area contributed by atoms with E-state index in [1.54, 1.807) is 12.3 Å². The van der Waals surface area contributed by atoms with Crippen molar-refractivity contribution in [1.29, 1.82) is 0 Å². The maximum absolute atomic E-state index is 12.8. The molecule has 1 aromatic heterocycles. The number of rotatable bonds is 4. The highest BCUT2D eigenvalue weighted by molar-refractivity contribution is 5.93. The lowest BCUT2D eigenvalue weighted by Crippen LogP contribution is -2.27. The highest BCUT2D eigenvalue weighted by Gasteiger charge is 1.98. The normalized spacial score (nSPS) is 10.8. The van der Waals surface area contributed by atoms with E-state index >= 15 is 0 Å². The number of nitrogens with one attached hydrogen (secondary N) is 2. The lowest BCUT2D eigenvalue weighted by Gasteiger charge is -2.05. The van der Waals surface area contributed by atoms with E-state index in [-0.39, 0.29) is 11.7 Å². The molecule has 2 aromatic carbocycles. The molecule has 23 heavy (non-hydrogen) atoms. The number of para-hydroxylation sites is 1. The van der Waals surface area contributed by atoms with Gasteiger partial charge in [-0.05, 0) is 48.0 Å². The fraction of sp³-hybridized carbons (Fsp3) is 0. The van der Waals surface area contributed by atoms with Crippen molar-refractivity contribution >= 4 is 28.6 Å². The van der Waals surface area contributed by atoms with Crippen LogP contribution in [0.15, 0.2) is 66.9 Å². The van der Waals surface area contributed by atoms with E-state index in [4.69, 9.17) is 0 Å². The quantitative estimate of drug-likeness (QED) is 0.573. The second-order valence-electron chi connectivity index (χ2n) is 4.92. The molecule has 4 nitrogen and oxygen atoms in total. The van der Waals surface area contributed by atoms with Crippen molar-refractivity contribution in [3.63, 3.8) is 0 Å². The molecule has 1 heterocycles. The molecular weight excluding hydrogens is 293 g/mol. The van der Waals surface area contributed by atoms with Gasteiger partial charge in [0.1, 0.15) is 5.82 Å². The number of hydrogen-bond acceptors (Lipinski definition) is 3. The summed E-state index contributed by atoms with van der Waals surface area (Å²) in [6.07, 6.45) is 4.79. The third kappa shape index (κ3) is 3.91. The molecule has 0 radical (unpaired) electrons. The van der Waals surface area contributed by atoms with E-state index in [1.165, 1.54) is 30.3 Å². The number of pyridine rings is 1. The Morgan fingerprint density at radius 2 is 1.87 bits per heavy atom. The second kappa shape index (κ2) is 6.70. The number of hydrazine groups is 1. The topological polar surface area (TPSA) is 54.0 Å². The van der Waals surface area contributed by atoms with Crippen LogP contribution in [0.1, 0.15) is 5.56 Å². The fourth-order valence-electron chi connectivity index (χ4n) is 2.06. The number of amides is 1. The molecule has 1 amide bonds. The molecule has 2 N–H and O–H groups in total. The Morgan fingerprint density at radius 1 is 1.09 bits per heavy atom. The molecule has 3 rings (SSSR count).